The van der Waals surface area contributed by atoms with Crippen LogP contribution in [-0.2, 0) is 27.7 Å². The maximum Gasteiger partial charge on any atom is 0.241 e. The molecule has 6 nitrogen and oxygen atoms in total. The minimum Gasteiger partial charge on any atom is -0.497 e. The van der Waals surface area contributed by atoms with Crippen LogP contribution in [-0.4, -0.2) is 34.0 Å². The molecule has 0 radical (unpaired) electrons. The van der Waals surface area contributed by atoms with E-state index in [4.69, 9.17) is 4.74 Å². The maximum atomic E-state index is 13.3. The third kappa shape index (κ3) is 6.68. The number of rotatable bonds is 10. The van der Waals surface area contributed by atoms with Crippen LogP contribution in [0.3, 0.4) is 0 Å². The van der Waals surface area contributed by atoms with Gasteiger partial charge in [-0.3, -0.25) is 4.79 Å². The van der Waals surface area contributed by atoms with Crippen molar-refractivity contribution in [2.45, 2.75) is 44.6 Å². The number of amides is 1. The zero-order valence-electron chi connectivity index (χ0n) is 20.1. The van der Waals surface area contributed by atoms with Crippen molar-refractivity contribution < 1.29 is 17.9 Å². The minimum absolute atomic E-state index is 0.224. The van der Waals surface area contributed by atoms with Crippen molar-refractivity contribution in [1.29, 1.82) is 0 Å². The average Bonchev–Trinajstić information content (AvgIpc) is 2.78. The van der Waals surface area contributed by atoms with Crippen LogP contribution < -0.4 is 14.8 Å². The third-order valence-corrected chi connectivity index (χ3v) is 7.42. The van der Waals surface area contributed by atoms with Crippen molar-refractivity contribution in [3.8, 4) is 5.75 Å². The first kappa shape index (κ1) is 25.5. The number of hydrogen-bond donors (Lipinski definition) is 2. The van der Waals surface area contributed by atoms with Gasteiger partial charge in [-0.1, -0.05) is 60.2 Å². The second-order valence-corrected chi connectivity index (χ2v) is 10.1. The molecule has 0 aliphatic rings. The lowest BCUT2D eigenvalue weighted by Gasteiger charge is -2.20. The van der Waals surface area contributed by atoms with Gasteiger partial charge >= 0.3 is 0 Å². The molecule has 3 aromatic rings. The molecular weight excluding hydrogens is 448 g/mol. The van der Waals surface area contributed by atoms with Crippen LogP contribution in [0.25, 0.3) is 0 Å². The highest BCUT2D eigenvalue weighted by Gasteiger charge is 2.28. The van der Waals surface area contributed by atoms with Crippen LogP contribution in [0.5, 0.6) is 5.75 Å². The van der Waals surface area contributed by atoms with Gasteiger partial charge in [0.2, 0.25) is 15.9 Å². The Balaban J connectivity index is 1.77. The van der Waals surface area contributed by atoms with Gasteiger partial charge in [-0.15, -0.1) is 0 Å². The maximum absolute atomic E-state index is 13.3. The highest BCUT2D eigenvalue weighted by Crippen LogP contribution is 2.22. The smallest absolute Gasteiger partial charge is 0.241 e. The van der Waals surface area contributed by atoms with E-state index in [-0.39, 0.29) is 17.2 Å². The quantitative estimate of drug-likeness (QED) is 0.461. The van der Waals surface area contributed by atoms with Crippen LogP contribution in [0.15, 0.2) is 71.6 Å². The van der Waals surface area contributed by atoms with E-state index < -0.39 is 16.1 Å². The van der Waals surface area contributed by atoms with E-state index in [0.717, 1.165) is 22.4 Å². The van der Waals surface area contributed by atoms with E-state index in [9.17, 15) is 13.2 Å². The Morgan fingerprint density at radius 1 is 0.912 bits per heavy atom. The summed E-state index contributed by atoms with van der Waals surface area (Å²) in [5.74, 6) is 0.412. The molecule has 2 N–H and O–H groups in total. The fraction of sp³-hybridized carbons (Fsp3) is 0.296. The zero-order chi connectivity index (χ0) is 24.7. The summed E-state index contributed by atoms with van der Waals surface area (Å²) in [5, 5.41) is 2.90. The summed E-state index contributed by atoms with van der Waals surface area (Å²) in [6.07, 6.45) is 0.870. The molecule has 3 aromatic carbocycles. The summed E-state index contributed by atoms with van der Waals surface area (Å²) in [6.45, 7) is 5.87. The summed E-state index contributed by atoms with van der Waals surface area (Å²) >= 11 is 0. The normalized spacial score (nSPS) is 12.2. The van der Waals surface area contributed by atoms with Crippen molar-refractivity contribution in [3.05, 3.63) is 94.5 Å². The predicted octanol–water partition coefficient (Wildman–Crippen LogP) is 3.87. The molecule has 180 valence electrons. The topological polar surface area (TPSA) is 84.5 Å². The molecule has 0 spiro atoms. The number of methoxy groups -OCH3 is 1. The van der Waals surface area contributed by atoms with Crippen LogP contribution in [0.1, 0.15) is 27.8 Å². The lowest BCUT2D eigenvalue weighted by Crippen LogP contribution is -2.48. The molecule has 0 bridgehead atoms. The Kier molecular flexibility index (Phi) is 8.47. The van der Waals surface area contributed by atoms with Gasteiger partial charge in [-0.2, -0.15) is 4.72 Å². The Labute approximate surface area is 202 Å². The molecule has 1 atom stereocenters. The average molecular weight is 481 g/mol. The Morgan fingerprint density at radius 3 is 2.12 bits per heavy atom. The number of benzene rings is 3. The molecule has 0 fully saturated rings. The van der Waals surface area contributed by atoms with E-state index >= 15 is 0 Å². The molecule has 0 aliphatic carbocycles. The van der Waals surface area contributed by atoms with Crippen molar-refractivity contribution in [1.82, 2.24) is 10.0 Å². The van der Waals surface area contributed by atoms with E-state index in [1.54, 1.807) is 21.0 Å². The first-order chi connectivity index (χ1) is 16.2. The highest BCUT2D eigenvalue weighted by molar-refractivity contribution is 7.89. The Hall–Kier alpha value is -3.16. The van der Waals surface area contributed by atoms with Crippen LogP contribution >= 0.6 is 0 Å². The van der Waals surface area contributed by atoms with E-state index in [0.29, 0.717) is 24.1 Å². The van der Waals surface area contributed by atoms with Gasteiger partial charge in [-0.05, 0) is 68.0 Å². The molecule has 0 heterocycles. The lowest BCUT2D eigenvalue weighted by molar-refractivity contribution is -0.122. The largest absolute Gasteiger partial charge is 0.497 e. The molecular formula is C27H32N2O4S. The van der Waals surface area contributed by atoms with Gasteiger partial charge in [0.25, 0.3) is 0 Å². The summed E-state index contributed by atoms with van der Waals surface area (Å²) in [5.41, 5.74) is 4.22. The number of carbonyl (C=O) groups is 1. The molecule has 1 amide bonds. The predicted molar refractivity (Wildman–Crippen MR) is 135 cm³/mol. The first-order valence-corrected chi connectivity index (χ1v) is 12.7. The van der Waals surface area contributed by atoms with Crippen LogP contribution in [0.2, 0.25) is 0 Å². The summed E-state index contributed by atoms with van der Waals surface area (Å²) < 4.78 is 34.5. The monoisotopic (exact) mass is 480 g/mol. The first-order valence-electron chi connectivity index (χ1n) is 11.2. The Bertz CT molecular complexity index is 1200. The number of aryl methyl sites for hydroxylation is 3. The van der Waals surface area contributed by atoms with Crippen molar-refractivity contribution in [2.75, 3.05) is 13.7 Å². The summed E-state index contributed by atoms with van der Waals surface area (Å²) in [6, 6.07) is 19.8. The zero-order valence-corrected chi connectivity index (χ0v) is 20.9. The van der Waals surface area contributed by atoms with E-state index in [1.807, 2.05) is 73.7 Å². The lowest BCUT2D eigenvalue weighted by atomic mass is 10.1. The molecule has 34 heavy (non-hydrogen) atoms. The van der Waals surface area contributed by atoms with Gasteiger partial charge in [0.1, 0.15) is 11.8 Å². The Morgan fingerprint density at radius 2 is 1.53 bits per heavy atom. The van der Waals surface area contributed by atoms with Crippen LogP contribution in [0, 0.1) is 20.8 Å². The second-order valence-electron chi connectivity index (χ2n) is 8.48. The number of nitrogens with one attached hydrogen (secondary N) is 2. The fourth-order valence-electron chi connectivity index (χ4n) is 4.12. The van der Waals surface area contributed by atoms with Gasteiger partial charge in [-0.25, -0.2) is 8.42 Å². The minimum atomic E-state index is -3.91. The van der Waals surface area contributed by atoms with Crippen LogP contribution in [0.4, 0.5) is 0 Å². The highest BCUT2D eigenvalue weighted by atomic mass is 32.2. The van der Waals surface area contributed by atoms with Crippen molar-refractivity contribution in [3.63, 3.8) is 0 Å². The number of carbonyl (C=O) groups excluding carboxylic acids is 1. The van der Waals surface area contributed by atoms with Gasteiger partial charge in [0.05, 0.1) is 12.0 Å². The standard InChI is InChI=1S/C27H32N2O4S/c1-19-16-20(2)26(21(3)17-19)34(31,32)29-25(18-23-8-6-5-7-9-23)27(30)28-15-14-22-10-12-24(33-4)13-11-22/h5-13,16-17,25,29H,14-15,18H2,1-4H3,(H,28,30)/t25-/m0/s1. The molecule has 7 heteroatoms. The summed E-state index contributed by atoms with van der Waals surface area (Å²) in [4.78, 5) is 13.3. The fourth-order valence-corrected chi connectivity index (χ4v) is 5.77. The van der Waals surface area contributed by atoms with E-state index in [1.165, 1.54) is 0 Å². The van der Waals surface area contributed by atoms with Crippen molar-refractivity contribution in [2.24, 2.45) is 0 Å². The molecule has 0 unspecified atom stereocenters. The second kappa shape index (κ2) is 11.3. The molecule has 0 saturated carbocycles. The number of hydrogen-bond acceptors (Lipinski definition) is 4. The van der Waals surface area contributed by atoms with E-state index in [2.05, 4.69) is 10.0 Å². The SMILES string of the molecule is COc1ccc(CCNC(=O)[C@H](Cc2ccccc2)NS(=O)(=O)c2c(C)cc(C)cc2C)cc1. The molecule has 0 aliphatic heterocycles. The molecule has 0 saturated heterocycles. The van der Waals surface area contributed by atoms with Gasteiger partial charge in [0, 0.05) is 6.54 Å². The van der Waals surface area contributed by atoms with Crippen molar-refractivity contribution >= 4 is 15.9 Å². The number of ether oxygens (including phenoxy) is 1. The van der Waals surface area contributed by atoms with Gasteiger partial charge in [0.15, 0.2) is 0 Å². The third-order valence-electron chi connectivity index (χ3n) is 5.64. The summed E-state index contributed by atoms with van der Waals surface area (Å²) in [7, 11) is -2.30. The molecule has 3 rings (SSSR count). The number of sulfonamides is 1. The van der Waals surface area contributed by atoms with Gasteiger partial charge < -0.3 is 10.1 Å². The molecule has 0 aromatic heterocycles.